The molecule has 1 amide bonds. The fourth-order valence-electron chi connectivity index (χ4n) is 1.37. The first-order valence-electron chi connectivity index (χ1n) is 5.04. The van der Waals surface area contributed by atoms with E-state index in [1.807, 2.05) is 0 Å². The highest BCUT2D eigenvalue weighted by Gasteiger charge is 2.15. The zero-order chi connectivity index (χ0) is 13.1. The van der Waals surface area contributed by atoms with Crippen LogP contribution < -0.4 is 10.1 Å². The molecule has 2 aromatic rings. The quantitative estimate of drug-likeness (QED) is 0.880. The monoisotopic (exact) mass is 283 g/mol. The molecule has 0 saturated heterocycles. The summed E-state index contributed by atoms with van der Waals surface area (Å²) in [4.78, 5) is 20.4. The first kappa shape index (κ1) is 12.8. The Bertz CT molecular complexity index is 565. The molecule has 0 aliphatic heterocycles. The van der Waals surface area contributed by atoms with Gasteiger partial charge in [0.05, 0.1) is 7.11 Å². The Morgan fingerprint density at radius 3 is 2.94 bits per heavy atom. The Morgan fingerprint density at radius 1 is 1.50 bits per heavy atom. The molecule has 2 heterocycles. The van der Waals surface area contributed by atoms with E-state index in [9.17, 15) is 4.79 Å². The van der Waals surface area contributed by atoms with Crippen LogP contribution in [0.5, 0.6) is 5.75 Å². The minimum absolute atomic E-state index is 0.181. The number of carbonyl (C=O) groups is 1. The molecule has 0 radical (unpaired) electrons. The number of halogens is 1. The molecule has 7 heteroatoms. The molecular weight excluding hydrogens is 274 g/mol. The Labute approximate surface area is 113 Å². The number of anilines is 1. The minimum Gasteiger partial charge on any atom is -0.495 e. The number of nitrogens with zero attached hydrogens (tertiary/aromatic N) is 2. The van der Waals surface area contributed by atoms with Gasteiger partial charge in [0.1, 0.15) is 15.8 Å². The van der Waals surface area contributed by atoms with Crippen LogP contribution in [0.25, 0.3) is 0 Å². The van der Waals surface area contributed by atoms with Gasteiger partial charge in [-0.15, -0.1) is 11.3 Å². The summed E-state index contributed by atoms with van der Waals surface area (Å²) in [5.41, 5.74) is 0.684. The van der Waals surface area contributed by atoms with Crippen LogP contribution in [0.3, 0.4) is 0 Å². The summed E-state index contributed by atoms with van der Waals surface area (Å²) in [7, 11) is 1.51. The summed E-state index contributed by atoms with van der Waals surface area (Å²) in [6.45, 7) is 1.77. The van der Waals surface area contributed by atoms with Crippen molar-refractivity contribution in [3.8, 4) is 5.75 Å². The number of aromatic nitrogens is 2. The second-order valence-electron chi connectivity index (χ2n) is 3.43. The van der Waals surface area contributed by atoms with Gasteiger partial charge >= 0.3 is 0 Å². The first-order valence-corrected chi connectivity index (χ1v) is 6.30. The van der Waals surface area contributed by atoms with Crippen molar-refractivity contribution in [2.45, 2.75) is 6.92 Å². The van der Waals surface area contributed by atoms with E-state index >= 15 is 0 Å². The normalized spacial score (nSPS) is 10.2. The van der Waals surface area contributed by atoms with Crippen LogP contribution in [0, 0.1) is 6.92 Å². The second-order valence-corrected chi connectivity index (χ2v) is 4.73. The lowest BCUT2D eigenvalue weighted by Gasteiger charge is -2.05. The molecule has 2 rings (SSSR count). The van der Waals surface area contributed by atoms with E-state index in [0.29, 0.717) is 16.3 Å². The van der Waals surface area contributed by atoms with Crippen molar-refractivity contribution >= 4 is 34.8 Å². The molecule has 0 aliphatic carbocycles. The molecule has 0 bridgehead atoms. The minimum atomic E-state index is -0.316. The number of ether oxygens (including phenoxy) is 1. The van der Waals surface area contributed by atoms with Crippen LogP contribution >= 0.6 is 22.9 Å². The van der Waals surface area contributed by atoms with Gasteiger partial charge in [0, 0.05) is 5.69 Å². The highest BCUT2D eigenvalue weighted by atomic mass is 35.5. The lowest BCUT2D eigenvalue weighted by atomic mass is 10.4. The van der Waals surface area contributed by atoms with Crippen LogP contribution in [0.2, 0.25) is 5.15 Å². The number of hydrogen-bond acceptors (Lipinski definition) is 5. The molecule has 0 aliphatic rings. The third kappa shape index (κ3) is 2.77. The standard InChI is InChI=1S/C11H10ClN3O2S/c1-6-5-8(12)14-11(13-6)15-10(16)9-7(17-2)3-4-18-9/h3-5H,1-2H3,(H,13,14,15,16). The zero-order valence-corrected chi connectivity index (χ0v) is 11.3. The number of hydrogen-bond donors (Lipinski definition) is 1. The van der Waals surface area contributed by atoms with Crippen molar-refractivity contribution < 1.29 is 9.53 Å². The van der Waals surface area contributed by atoms with Crippen molar-refractivity contribution in [3.05, 3.63) is 33.2 Å². The Morgan fingerprint density at radius 2 is 2.28 bits per heavy atom. The smallest absolute Gasteiger partial charge is 0.271 e. The molecule has 0 saturated carbocycles. The van der Waals surface area contributed by atoms with Crippen LogP contribution in [-0.2, 0) is 0 Å². The third-order valence-electron chi connectivity index (χ3n) is 2.10. The third-order valence-corrected chi connectivity index (χ3v) is 3.19. The van der Waals surface area contributed by atoms with Gasteiger partial charge in [-0.25, -0.2) is 9.97 Å². The molecule has 0 fully saturated rings. The molecule has 0 aromatic carbocycles. The molecule has 94 valence electrons. The van der Waals surface area contributed by atoms with Gasteiger partial charge < -0.3 is 4.74 Å². The number of methoxy groups -OCH3 is 1. The lowest BCUT2D eigenvalue weighted by molar-refractivity contribution is 0.102. The van der Waals surface area contributed by atoms with Gasteiger partial charge in [0.25, 0.3) is 5.91 Å². The molecular formula is C11H10ClN3O2S. The Balaban J connectivity index is 2.21. The number of aryl methyl sites for hydroxylation is 1. The zero-order valence-electron chi connectivity index (χ0n) is 9.73. The maximum Gasteiger partial charge on any atom is 0.271 e. The van der Waals surface area contributed by atoms with E-state index in [2.05, 4.69) is 15.3 Å². The van der Waals surface area contributed by atoms with Gasteiger partial charge in [0.2, 0.25) is 5.95 Å². The number of carbonyl (C=O) groups excluding carboxylic acids is 1. The summed E-state index contributed by atoms with van der Waals surface area (Å²) in [6, 6.07) is 3.34. The molecule has 0 unspecified atom stereocenters. The van der Waals surface area contributed by atoms with Crippen molar-refractivity contribution in [1.82, 2.24) is 9.97 Å². The van der Waals surface area contributed by atoms with Crippen molar-refractivity contribution in [2.75, 3.05) is 12.4 Å². The van der Waals surface area contributed by atoms with E-state index in [1.165, 1.54) is 18.4 Å². The topological polar surface area (TPSA) is 64.1 Å². The molecule has 0 atom stereocenters. The lowest BCUT2D eigenvalue weighted by Crippen LogP contribution is -2.14. The maximum absolute atomic E-state index is 12.0. The van der Waals surface area contributed by atoms with E-state index < -0.39 is 0 Å². The van der Waals surface area contributed by atoms with E-state index in [4.69, 9.17) is 16.3 Å². The molecule has 2 aromatic heterocycles. The fraction of sp³-hybridized carbons (Fsp3) is 0.182. The maximum atomic E-state index is 12.0. The van der Waals surface area contributed by atoms with Gasteiger partial charge in [-0.3, -0.25) is 10.1 Å². The van der Waals surface area contributed by atoms with E-state index in [-0.39, 0.29) is 17.0 Å². The Kier molecular flexibility index (Phi) is 3.78. The molecule has 1 N–H and O–H groups in total. The van der Waals surface area contributed by atoms with Gasteiger partial charge in [-0.05, 0) is 24.4 Å². The average Bonchev–Trinajstić information content (AvgIpc) is 2.75. The molecule has 18 heavy (non-hydrogen) atoms. The number of thiophene rings is 1. The summed E-state index contributed by atoms with van der Waals surface area (Å²) >= 11 is 7.08. The van der Waals surface area contributed by atoms with E-state index in [1.54, 1.807) is 24.4 Å². The summed E-state index contributed by atoms with van der Waals surface area (Å²) in [5, 5.41) is 4.65. The second kappa shape index (κ2) is 5.32. The molecule has 0 spiro atoms. The summed E-state index contributed by atoms with van der Waals surface area (Å²) < 4.78 is 5.07. The van der Waals surface area contributed by atoms with Gasteiger partial charge in [-0.1, -0.05) is 11.6 Å². The van der Waals surface area contributed by atoms with Crippen LogP contribution in [-0.4, -0.2) is 23.0 Å². The van der Waals surface area contributed by atoms with Crippen LogP contribution in [0.15, 0.2) is 17.5 Å². The first-order chi connectivity index (χ1) is 8.60. The van der Waals surface area contributed by atoms with Crippen molar-refractivity contribution in [2.24, 2.45) is 0 Å². The highest BCUT2D eigenvalue weighted by molar-refractivity contribution is 7.12. The fourth-order valence-corrected chi connectivity index (χ4v) is 2.36. The van der Waals surface area contributed by atoms with Crippen molar-refractivity contribution in [3.63, 3.8) is 0 Å². The summed E-state index contributed by atoms with van der Waals surface area (Å²) in [5.74, 6) is 0.389. The number of nitrogens with one attached hydrogen (secondary N) is 1. The van der Waals surface area contributed by atoms with E-state index in [0.717, 1.165) is 0 Å². The number of amides is 1. The number of rotatable bonds is 3. The van der Waals surface area contributed by atoms with Gasteiger partial charge in [-0.2, -0.15) is 0 Å². The molecule has 5 nitrogen and oxygen atoms in total. The highest BCUT2D eigenvalue weighted by Crippen LogP contribution is 2.25. The van der Waals surface area contributed by atoms with Crippen LogP contribution in [0.1, 0.15) is 15.4 Å². The van der Waals surface area contributed by atoms with Gasteiger partial charge in [0.15, 0.2) is 0 Å². The average molecular weight is 284 g/mol. The largest absolute Gasteiger partial charge is 0.495 e. The van der Waals surface area contributed by atoms with Crippen LogP contribution in [0.4, 0.5) is 5.95 Å². The SMILES string of the molecule is COc1ccsc1C(=O)Nc1nc(C)cc(Cl)n1. The predicted molar refractivity (Wildman–Crippen MR) is 70.6 cm³/mol. The predicted octanol–water partition coefficient (Wildman–Crippen LogP) is 2.76. The summed E-state index contributed by atoms with van der Waals surface area (Å²) in [6.07, 6.45) is 0. The van der Waals surface area contributed by atoms with Crippen molar-refractivity contribution in [1.29, 1.82) is 0 Å². The Hall–Kier alpha value is -1.66.